The second-order valence-electron chi connectivity index (χ2n) is 9.08. The first-order valence-electron chi connectivity index (χ1n) is 11.0. The van der Waals surface area contributed by atoms with Crippen molar-refractivity contribution in [1.82, 2.24) is 0 Å². The van der Waals surface area contributed by atoms with Crippen molar-refractivity contribution in [2.24, 2.45) is 5.92 Å². The van der Waals surface area contributed by atoms with Gasteiger partial charge in [0.15, 0.2) is 5.75 Å². The van der Waals surface area contributed by atoms with E-state index < -0.39 is 11.9 Å². The number of esters is 2. The molecule has 1 heterocycles. The number of allylic oxidation sites excluding steroid dienone is 2. The van der Waals surface area contributed by atoms with E-state index in [0.29, 0.717) is 23.5 Å². The van der Waals surface area contributed by atoms with Gasteiger partial charge in [0.25, 0.3) is 0 Å². The lowest BCUT2D eigenvalue weighted by Crippen LogP contribution is -2.45. The van der Waals surface area contributed by atoms with Crippen LogP contribution in [0.4, 0.5) is 0 Å². The second kappa shape index (κ2) is 8.83. The van der Waals surface area contributed by atoms with Gasteiger partial charge >= 0.3 is 11.9 Å². The summed E-state index contributed by atoms with van der Waals surface area (Å²) >= 11 is 0. The fraction of sp³-hybridized carbons (Fsp3) is 0.600. The summed E-state index contributed by atoms with van der Waals surface area (Å²) in [6.45, 7) is 9.88. The van der Waals surface area contributed by atoms with E-state index >= 15 is 0 Å². The van der Waals surface area contributed by atoms with E-state index in [1.54, 1.807) is 0 Å². The standard InChI is InChI=1S/C25H34O5/c1-7-8-9-10-17-14-20-22(23(29-16(3)26)21(17)24(27)28-6)18-13-15(2)11-12-19(18)25(4,5)30-20/h13-14,18-19H,7-12H2,1-6H3/t18-,19-/m1/s1. The van der Waals surface area contributed by atoms with Crippen LogP contribution in [0.25, 0.3) is 0 Å². The number of aryl methyl sites for hydroxylation is 1. The average Bonchev–Trinajstić information content (AvgIpc) is 2.66. The summed E-state index contributed by atoms with van der Waals surface area (Å²) in [6.07, 6.45) is 8.03. The molecule has 0 N–H and O–H groups in total. The molecule has 1 aliphatic heterocycles. The molecule has 0 radical (unpaired) electrons. The molecule has 164 valence electrons. The molecule has 0 spiro atoms. The number of carbonyl (C=O) groups excluding carboxylic acids is 2. The number of rotatable bonds is 6. The largest absolute Gasteiger partial charge is 0.487 e. The van der Waals surface area contributed by atoms with E-state index in [0.717, 1.165) is 43.2 Å². The van der Waals surface area contributed by atoms with Crippen LogP contribution in [0.3, 0.4) is 0 Å². The fourth-order valence-electron chi connectivity index (χ4n) is 4.93. The van der Waals surface area contributed by atoms with E-state index in [1.807, 2.05) is 6.07 Å². The predicted octanol–water partition coefficient (Wildman–Crippen LogP) is 5.74. The van der Waals surface area contributed by atoms with Crippen LogP contribution in [0.1, 0.15) is 94.1 Å². The Balaban J connectivity index is 2.27. The van der Waals surface area contributed by atoms with Crippen LogP contribution < -0.4 is 9.47 Å². The Morgan fingerprint density at radius 1 is 1.27 bits per heavy atom. The molecular weight excluding hydrogens is 380 g/mol. The van der Waals surface area contributed by atoms with Crippen LogP contribution in [0.5, 0.6) is 11.5 Å². The zero-order chi connectivity index (χ0) is 22.1. The molecule has 5 heteroatoms. The van der Waals surface area contributed by atoms with Crippen LogP contribution >= 0.6 is 0 Å². The van der Waals surface area contributed by atoms with Crippen molar-refractivity contribution < 1.29 is 23.8 Å². The quantitative estimate of drug-likeness (QED) is 0.257. The molecule has 0 unspecified atom stereocenters. The Hall–Kier alpha value is -2.30. The molecular formula is C25H34O5. The number of benzene rings is 1. The third-order valence-electron chi connectivity index (χ3n) is 6.40. The summed E-state index contributed by atoms with van der Waals surface area (Å²) in [5.41, 5.74) is 2.93. The molecule has 0 saturated carbocycles. The molecule has 1 aromatic carbocycles. The third kappa shape index (κ3) is 4.26. The summed E-state index contributed by atoms with van der Waals surface area (Å²) in [7, 11) is 1.36. The van der Waals surface area contributed by atoms with Crippen molar-refractivity contribution in [3.63, 3.8) is 0 Å². The highest BCUT2D eigenvalue weighted by Gasteiger charge is 2.46. The van der Waals surface area contributed by atoms with Gasteiger partial charge in [-0.25, -0.2) is 4.79 Å². The third-order valence-corrected chi connectivity index (χ3v) is 6.40. The monoisotopic (exact) mass is 414 g/mol. The van der Waals surface area contributed by atoms with Gasteiger partial charge in [-0.05, 0) is 58.1 Å². The van der Waals surface area contributed by atoms with Gasteiger partial charge in [0.1, 0.15) is 16.9 Å². The topological polar surface area (TPSA) is 61.8 Å². The molecule has 5 nitrogen and oxygen atoms in total. The Labute approximate surface area is 179 Å². The summed E-state index contributed by atoms with van der Waals surface area (Å²) in [4.78, 5) is 24.9. The number of unbranched alkanes of at least 4 members (excludes halogenated alkanes) is 2. The fourth-order valence-corrected chi connectivity index (χ4v) is 4.93. The van der Waals surface area contributed by atoms with Crippen molar-refractivity contribution >= 4 is 11.9 Å². The second-order valence-corrected chi connectivity index (χ2v) is 9.08. The molecule has 2 atom stereocenters. The predicted molar refractivity (Wildman–Crippen MR) is 116 cm³/mol. The lowest BCUT2D eigenvalue weighted by molar-refractivity contribution is -0.132. The van der Waals surface area contributed by atoms with Crippen LogP contribution in [0.15, 0.2) is 17.7 Å². The van der Waals surface area contributed by atoms with Crippen LogP contribution in [-0.4, -0.2) is 24.6 Å². The molecule has 2 aliphatic rings. The van der Waals surface area contributed by atoms with Gasteiger partial charge in [0.2, 0.25) is 0 Å². The van der Waals surface area contributed by atoms with E-state index in [2.05, 4.69) is 33.8 Å². The van der Waals surface area contributed by atoms with Crippen molar-refractivity contribution in [3.8, 4) is 11.5 Å². The van der Waals surface area contributed by atoms with Gasteiger partial charge in [-0.1, -0.05) is 31.4 Å². The maximum absolute atomic E-state index is 12.8. The Morgan fingerprint density at radius 2 is 2.00 bits per heavy atom. The van der Waals surface area contributed by atoms with Crippen LogP contribution in [0.2, 0.25) is 0 Å². The zero-order valence-corrected chi connectivity index (χ0v) is 19.1. The molecule has 0 saturated heterocycles. The normalized spacial score (nSPS) is 21.6. The van der Waals surface area contributed by atoms with Gasteiger partial charge in [-0.2, -0.15) is 0 Å². The first-order chi connectivity index (χ1) is 14.2. The number of ether oxygens (including phenoxy) is 3. The van der Waals surface area contributed by atoms with Crippen LogP contribution in [-0.2, 0) is 16.0 Å². The van der Waals surface area contributed by atoms with Crippen molar-refractivity contribution in [2.75, 3.05) is 7.11 Å². The molecule has 1 aromatic rings. The minimum atomic E-state index is -0.474. The maximum Gasteiger partial charge on any atom is 0.341 e. The Bertz CT molecular complexity index is 865. The molecule has 30 heavy (non-hydrogen) atoms. The Kier molecular flexibility index (Phi) is 6.59. The first kappa shape index (κ1) is 22.4. The lowest BCUT2D eigenvalue weighted by Gasteiger charge is -2.47. The molecule has 0 bridgehead atoms. The van der Waals surface area contributed by atoms with E-state index in [9.17, 15) is 9.59 Å². The average molecular weight is 415 g/mol. The minimum Gasteiger partial charge on any atom is -0.487 e. The molecule has 0 amide bonds. The van der Waals surface area contributed by atoms with Gasteiger partial charge in [0.05, 0.1) is 7.11 Å². The SMILES string of the molecule is CCCCCc1cc2c(c(OC(C)=O)c1C(=O)OC)[C@@H]1C=C(C)CC[C@H]1C(C)(C)O2. The van der Waals surface area contributed by atoms with E-state index in [-0.39, 0.29) is 17.4 Å². The van der Waals surface area contributed by atoms with Crippen molar-refractivity contribution in [3.05, 3.63) is 34.4 Å². The number of methoxy groups -OCH3 is 1. The summed E-state index contributed by atoms with van der Waals surface area (Å²) in [6, 6.07) is 1.97. The lowest BCUT2D eigenvalue weighted by atomic mass is 9.67. The summed E-state index contributed by atoms with van der Waals surface area (Å²) in [5.74, 6) is 0.362. The zero-order valence-electron chi connectivity index (χ0n) is 19.1. The molecule has 3 rings (SSSR count). The number of hydrogen-bond acceptors (Lipinski definition) is 5. The smallest absolute Gasteiger partial charge is 0.341 e. The number of carbonyl (C=O) groups is 2. The maximum atomic E-state index is 12.8. The Morgan fingerprint density at radius 3 is 2.63 bits per heavy atom. The van der Waals surface area contributed by atoms with Gasteiger partial charge in [-0.15, -0.1) is 0 Å². The van der Waals surface area contributed by atoms with Crippen molar-refractivity contribution in [2.45, 2.75) is 84.7 Å². The van der Waals surface area contributed by atoms with Gasteiger partial charge < -0.3 is 14.2 Å². The van der Waals surface area contributed by atoms with E-state index in [4.69, 9.17) is 14.2 Å². The molecule has 0 fully saturated rings. The summed E-state index contributed by atoms with van der Waals surface area (Å²) < 4.78 is 17.3. The summed E-state index contributed by atoms with van der Waals surface area (Å²) in [5, 5.41) is 0. The van der Waals surface area contributed by atoms with Gasteiger partial charge in [-0.3, -0.25) is 4.79 Å². The minimum absolute atomic E-state index is 0.0277. The van der Waals surface area contributed by atoms with E-state index in [1.165, 1.54) is 19.6 Å². The molecule has 0 aromatic heterocycles. The van der Waals surface area contributed by atoms with Gasteiger partial charge in [0, 0.05) is 24.3 Å². The van der Waals surface area contributed by atoms with Crippen molar-refractivity contribution in [1.29, 1.82) is 0 Å². The van der Waals surface area contributed by atoms with Crippen LogP contribution in [0, 0.1) is 5.92 Å². The highest BCUT2D eigenvalue weighted by molar-refractivity contribution is 5.96. The molecule has 1 aliphatic carbocycles. The number of fused-ring (bicyclic) bond motifs is 3. The highest BCUT2D eigenvalue weighted by atomic mass is 16.5. The first-order valence-corrected chi connectivity index (χ1v) is 11.0. The highest BCUT2D eigenvalue weighted by Crippen LogP contribution is 2.55. The number of hydrogen-bond donors (Lipinski definition) is 0.